The number of likely N-dealkylation sites (tertiary alicyclic amines) is 1. The van der Waals surface area contributed by atoms with Crippen LogP contribution in [0.4, 0.5) is 0 Å². The fourth-order valence-corrected chi connectivity index (χ4v) is 3.79. The van der Waals surface area contributed by atoms with Gasteiger partial charge in [0, 0.05) is 29.5 Å². The van der Waals surface area contributed by atoms with Crippen molar-refractivity contribution in [1.29, 1.82) is 0 Å². The van der Waals surface area contributed by atoms with Crippen molar-refractivity contribution in [3.8, 4) is 5.69 Å². The molecule has 2 aliphatic rings. The maximum Gasteiger partial charge on any atom is 0.159 e. The fourth-order valence-electron chi connectivity index (χ4n) is 3.43. The molecule has 2 aromatic rings. The van der Waals surface area contributed by atoms with E-state index in [9.17, 15) is 0 Å². The fraction of sp³-hybridized carbons (Fsp3) is 0.471. The summed E-state index contributed by atoms with van der Waals surface area (Å²) in [5, 5.41) is 8.78. The minimum atomic E-state index is 0.592. The second kappa shape index (κ2) is 6.07. The minimum absolute atomic E-state index is 0.592. The summed E-state index contributed by atoms with van der Waals surface area (Å²) in [6.07, 6.45) is 4.48. The van der Waals surface area contributed by atoms with Gasteiger partial charge in [-0.3, -0.25) is 9.56 Å². The van der Waals surface area contributed by atoms with Gasteiger partial charge >= 0.3 is 0 Å². The molecule has 6 heteroatoms. The largest absolute Gasteiger partial charge is 0.356 e. The molecule has 0 aliphatic carbocycles. The number of fused-ring (bicyclic) bond motifs is 3. The predicted octanol–water partition coefficient (Wildman–Crippen LogP) is 3.34. The van der Waals surface area contributed by atoms with Crippen LogP contribution in [0.3, 0.4) is 0 Å². The number of nitrogens with zero attached hydrogens (tertiary/aromatic N) is 5. The van der Waals surface area contributed by atoms with Crippen molar-refractivity contribution < 1.29 is 0 Å². The Kier molecular flexibility index (Phi) is 3.93. The van der Waals surface area contributed by atoms with E-state index in [1.54, 1.807) is 0 Å². The van der Waals surface area contributed by atoms with Crippen molar-refractivity contribution in [2.75, 3.05) is 13.1 Å². The molecule has 120 valence electrons. The average molecular weight is 374 g/mol. The highest BCUT2D eigenvalue weighted by Gasteiger charge is 2.26. The Labute approximate surface area is 144 Å². The van der Waals surface area contributed by atoms with Gasteiger partial charge in [-0.2, -0.15) is 0 Å². The maximum absolute atomic E-state index is 4.90. The number of hydrogen-bond acceptors (Lipinski definition) is 4. The standard InChI is InChI=1S/C17H20BrN5/c1-2-5-15-20-21-16-11-19-17(22-8-3-4-9-22)13-10-12(18)6-7-14(13)23(15)16/h6-7,10H,2-5,8-9,11H2,1H3. The predicted molar refractivity (Wildman–Crippen MR) is 94.1 cm³/mol. The highest BCUT2D eigenvalue weighted by molar-refractivity contribution is 9.10. The molecule has 4 rings (SSSR count). The molecule has 1 aromatic heterocycles. The summed E-state index contributed by atoms with van der Waals surface area (Å²) < 4.78 is 3.29. The Hall–Kier alpha value is -1.69. The van der Waals surface area contributed by atoms with Gasteiger partial charge in [-0.15, -0.1) is 10.2 Å². The highest BCUT2D eigenvalue weighted by atomic mass is 79.9. The van der Waals surface area contributed by atoms with Crippen LogP contribution >= 0.6 is 15.9 Å². The van der Waals surface area contributed by atoms with Gasteiger partial charge in [-0.05, 0) is 37.5 Å². The van der Waals surface area contributed by atoms with E-state index in [1.807, 2.05) is 0 Å². The van der Waals surface area contributed by atoms with Crippen LogP contribution in [0.25, 0.3) is 5.69 Å². The lowest BCUT2D eigenvalue weighted by Crippen LogP contribution is -2.29. The zero-order chi connectivity index (χ0) is 15.8. The molecule has 2 aliphatic heterocycles. The quantitative estimate of drug-likeness (QED) is 0.810. The number of aliphatic imine (C=N–C) groups is 1. The second-order valence-electron chi connectivity index (χ2n) is 6.11. The van der Waals surface area contributed by atoms with E-state index in [1.165, 1.54) is 18.4 Å². The first kappa shape index (κ1) is 14.9. The normalized spacial score (nSPS) is 16.8. The van der Waals surface area contributed by atoms with E-state index in [-0.39, 0.29) is 0 Å². The van der Waals surface area contributed by atoms with Crippen LogP contribution in [0.2, 0.25) is 0 Å². The van der Waals surface area contributed by atoms with Crippen molar-refractivity contribution in [3.63, 3.8) is 0 Å². The molecule has 0 unspecified atom stereocenters. The van der Waals surface area contributed by atoms with E-state index >= 15 is 0 Å². The van der Waals surface area contributed by atoms with E-state index in [4.69, 9.17) is 4.99 Å². The van der Waals surface area contributed by atoms with Crippen molar-refractivity contribution >= 4 is 21.8 Å². The van der Waals surface area contributed by atoms with Gasteiger partial charge in [0.05, 0.1) is 5.69 Å². The van der Waals surface area contributed by atoms with E-state index < -0.39 is 0 Å². The Morgan fingerprint density at radius 3 is 2.78 bits per heavy atom. The zero-order valence-corrected chi connectivity index (χ0v) is 14.9. The van der Waals surface area contributed by atoms with Crippen LogP contribution in [0.5, 0.6) is 0 Å². The summed E-state index contributed by atoms with van der Waals surface area (Å²) in [6, 6.07) is 6.42. The molecule has 23 heavy (non-hydrogen) atoms. The summed E-state index contributed by atoms with van der Waals surface area (Å²) in [5.41, 5.74) is 2.33. The lowest BCUT2D eigenvalue weighted by atomic mass is 10.1. The van der Waals surface area contributed by atoms with Crippen molar-refractivity contribution in [3.05, 3.63) is 39.9 Å². The van der Waals surface area contributed by atoms with Gasteiger partial charge in [0.25, 0.3) is 0 Å². The van der Waals surface area contributed by atoms with E-state index in [0.29, 0.717) is 6.54 Å². The smallest absolute Gasteiger partial charge is 0.159 e. The van der Waals surface area contributed by atoms with Gasteiger partial charge < -0.3 is 4.90 Å². The molecule has 0 amide bonds. The summed E-state index contributed by atoms with van der Waals surface area (Å²) in [7, 11) is 0. The molecule has 1 aromatic carbocycles. The van der Waals surface area contributed by atoms with Crippen LogP contribution in [-0.2, 0) is 13.0 Å². The van der Waals surface area contributed by atoms with Crippen molar-refractivity contribution in [2.45, 2.75) is 39.2 Å². The molecule has 0 spiro atoms. The summed E-state index contributed by atoms with van der Waals surface area (Å²) >= 11 is 3.62. The third-order valence-electron chi connectivity index (χ3n) is 4.49. The van der Waals surface area contributed by atoms with Crippen LogP contribution in [0.1, 0.15) is 43.4 Å². The third-order valence-corrected chi connectivity index (χ3v) is 4.98. The minimum Gasteiger partial charge on any atom is -0.356 e. The number of amidine groups is 1. The van der Waals surface area contributed by atoms with Gasteiger partial charge in [0.15, 0.2) is 5.82 Å². The van der Waals surface area contributed by atoms with E-state index in [2.05, 4.69) is 60.7 Å². The monoisotopic (exact) mass is 373 g/mol. The highest BCUT2D eigenvalue weighted by Crippen LogP contribution is 2.28. The first-order valence-electron chi connectivity index (χ1n) is 8.31. The molecule has 0 atom stereocenters. The number of benzene rings is 1. The van der Waals surface area contributed by atoms with Gasteiger partial charge in [-0.1, -0.05) is 22.9 Å². The lowest BCUT2D eigenvalue weighted by molar-refractivity contribution is 0.518. The molecule has 0 radical (unpaired) electrons. The van der Waals surface area contributed by atoms with E-state index in [0.717, 1.165) is 53.6 Å². The first-order chi connectivity index (χ1) is 11.3. The maximum atomic E-state index is 4.90. The van der Waals surface area contributed by atoms with Crippen LogP contribution in [0.15, 0.2) is 27.7 Å². The summed E-state index contributed by atoms with van der Waals surface area (Å²) in [4.78, 5) is 7.31. The average Bonchev–Trinajstić information content (AvgIpc) is 3.17. The molecule has 0 bridgehead atoms. The van der Waals surface area contributed by atoms with Crippen LogP contribution < -0.4 is 0 Å². The molecular weight excluding hydrogens is 354 g/mol. The number of rotatable bonds is 2. The molecule has 1 saturated heterocycles. The Morgan fingerprint density at radius 1 is 1.17 bits per heavy atom. The Morgan fingerprint density at radius 2 is 2.00 bits per heavy atom. The SMILES string of the molecule is CCCc1nnc2n1-c1ccc(Br)cc1C(N1CCCC1)=NC2. The molecule has 1 fully saturated rings. The zero-order valence-electron chi connectivity index (χ0n) is 13.3. The summed E-state index contributed by atoms with van der Waals surface area (Å²) in [6.45, 7) is 4.95. The molecule has 5 nitrogen and oxygen atoms in total. The molecule has 0 saturated carbocycles. The van der Waals surface area contributed by atoms with Crippen LogP contribution in [-0.4, -0.2) is 38.6 Å². The van der Waals surface area contributed by atoms with Gasteiger partial charge in [0.2, 0.25) is 0 Å². The summed E-state index contributed by atoms with van der Waals surface area (Å²) in [5.74, 6) is 3.07. The van der Waals surface area contributed by atoms with Crippen molar-refractivity contribution in [1.82, 2.24) is 19.7 Å². The van der Waals surface area contributed by atoms with Gasteiger partial charge in [0.1, 0.15) is 18.2 Å². The third kappa shape index (κ3) is 2.59. The number of aryl methyl sites for hydroxylation is 1. The number of hydrogen-bond donors (Lipinski definition) is 0. The number of halogens is 1. The molecular formula is C17H20BrN5. The lowest BCUT2D eigenvalue weighted by Gasteiger charge is -2.21. The Bertz CT molecular complexity index is 758. The second-order valence-corrected chi connectivity index (χ2v) is 7.03. The van der Waals surface area contributed by atoms with Crippen molar-refractivity contribution in [2.24, 2.45) is 4.99 Å². The topological polar surface area (TPSA) is 46.3 Å². The molecule has 0 N–H and O–H groups in total. The number of aromatic nitrogens is 3. The van der Waals surface area contributed by atoms with Gasteiger partial charge in [-0.25, -0.2) is 0 Å². The Balaban J connectivity index is 1.89. The first-order valence-corrected chi connectivity index (χ1v) is 9.10. The van der Waals surface area contributed by atoms with Crippen LogP contribution in [0, 0.1) is 0 Å². The molecule has 3 heterocycles.